The number of carboxylic acid groups (broad SMARTS) is 1. The molecule has 1 aromatic rings. The Bertz CT molecular complexity index is 648. The third kappa shape index (κ3) is 8.50. The molecule has 0 saturated carbocycles. The van der Waals surface area contributed by atoms with Crippen LogP contribution >= 0.6 is 7.75 Å². The topological polar surface area (TPSA) is 122 Å². The van der Waals surface area contributed by atoms with Crippen molar-refractivity contribution >= 4 is 19.6 Å². The Balaban J connectivity index is 0.00000312. The Morgan fingerprint density at radius 2 is 1.96 bits per heavy atom. The van der Waals surface area contributed by atoms with Crippen LogP contribution in [0.4, 0.5) is 0 Å². The van der Waals surface area contributed by atoms with Crippen molar-refractivity contribution in [3.8, 4) is 0 Å². The molecule has 2 rings (SSSR count). The molecule has 1 aromatic carbocycles. The number of hydrogen-bond acceptors (Lipinski definition) is 6. The van der Waals surface area contributed by atoms with Crippen LogP contribution in [0.5, 0.6) is 0 Å². The number of rotatable bonds is 7. The molecule has 8 nitrogen and oxygen atoms in total. The molecule has 1 aliphatic heterocycles. The van der Waals surface area contributed by atoms with Crippen LogP contribution in [0, 0.1) is 0 Å². The van der Waals surface area contributed by atoms with Crippen LogP contribution in [0.2, 0.25) is 0 Å². The molecule has 3 atom stereocenters. The van der Waals surface area contributed by atoms with Gasteiger partial charge in [-0.1, -0.05) is 30.3 Å². The number of likely N-dealkylation sites (tertiary alicyclic amines) is 1. The molecule has 1 aliphatic rings. The second-order valence-corrected chi connectivity index (χ2v) is 7.13. The molecule has 1 amide bonds. The molecular weight excluding hydrogens is 413 g/mol. The number of hydrogen-bond donors (Lipinski definition) is 1. The van der Waals surface area contributed by atoms with Crippen molar-refractivity contribution in [2.75, 3.05) is 6.54 Å². The number of carbonyl (C=O) groups excluding carboxylic acids is 2. The first-order chi connectivity index (χ1) is 11.3. The van der Waals surface area contributed by atoms with Gasteiger partial charge in [-0.25, -0.2) is 5.09 Å². The van der Waals surface area contributed by atoms with Crippen LogP contribution in [0.1, 0.15) is 25.3 Å². The van der Waals surface area contributed by atoms with Gasteiger partial charge in [0.15, 0.2) is 0 Å². The molecule has 0 aromatic heterocycles. The van der Waals surface area contributed by atoms with Gasteiger partial charge in [-0.15, -0.1) is 0 Å². The van der Waals surface area contributed by atoms with Gasteiger partial charge in [0.2, 0.25) is 13.7 Å². The molecule has 0 bridgehead atoms. The fraction of sp³-hybridized carbons (Fsp3) is 0.467. The first-order valence-electron chi connectivity index (χ1n) is 7.59. The van der Waals surface area contributed by atoms with Crippen LogP contribution in [0.25, 0.3) is 0 Å². The number of carboxylic acids is 1. The molecule has 0 radical (unpaired) electrons. The van der Waals surface area contributed by atoms with Gasteiger partial charge < -0.3 is 24.2 Å². The summed E-state index contributed by atoms with van der Waals surface area (Å²) in [7, 11) is -4.46. The fourth-order valence-corrected chi connectivity index (χ4v) is 3.57. The standard InChI is InChI=1S/C15H21N2O6P.2K/c1-11(14(18)17-9-5-8-13(17)15(19)20)16-24(21,22)23-10-12-6-3-2-4-7-12;;/h2-4,6-7,11,13H,5,8-10H2,1H3,(H,19,20)(H2,16,21,22);;/q;2*+1/p-2/t11-,13-;;/m0../s1. The van der Waals surface area contributed by atoms with E-state index in [0.29, 0.717) is 18.4 Å². The van der Waals surface area contributed by atoms with E-state index in [1.807, 2.05) is 0 Å². The SMILES string of the molecule is C[C@H](NP(=O)([O-])OCc1ccccc1)C(=O)N1CCC[C@H]1C(=O)[O-].[K+].[K+]. The second kappa shape index (κ2) is 13.0. The molecular formula is C15H19K2N2O6P. The first kappa shape index (κ1) is 27.5. The summed E-state index contributed by atoms with van der Waals surface area (Å²) >= 11 is 0. The maximum atomic E-state index is 12.3. The van der Waals surface area contributed by atoms with Gasteiger partial charge in [0.05, 0.1) is 24.7 Å². The minimum Gasteiger partial charge on any atom is -0.766 e. The van der Waals surface area contributed by atoms with Gasteiger partial charge in [-0.2, -0.15) is 0 Å². The summed E-state index contributed by atoms with van der Waals surface area (Å²) in [5.74, 6) is -1.94. The zero-order valence-corrected chi connectivity index (χ0v) is 22.4. The predicted octanol–water partition coefficient (Wildman–Crippen LogP) is -6.60. The fourth-order valence-electron chi connectivity index (χ4n) is 2.59. The average Bonchev–Trinajstić information content (AvgIpc) is 3.02. The molecule has 1 heterocycles. The van der Waals surface area contributed by atoms with E-state index in [1.165, 1.54) is 6.92 Å². The maximum absolute atomic E-state index is 12.3. The van der Waals surface area contributed by atoms with Crippen LogP contribution in [-0.4, -0.2) is 35.4 Å². The maximum Gasteiger partial charge on any atom is 1.00 e. The summed E-state index contributed by atoms with van der Waals surface area (Å²) in [5, 5.41) is 13.2. The number of carbonyl (C=O) groups is 2. The van der Waals surface area contributed by atoms with E-state index in [0.717, 1.165) is 4.90 Å². The van der Waals surface area contributed by atoms with Crippen molar-refractivity contribution in [3.63, 3.8) is 0 Å². The van der Waals surface area contributed by atoms with Gasteiger partial charge in [0.25, 0.3) is 0 Å². The van der Waals surface area contributed by atoms with E-state index >= 15 is 0 Å². The minimum absolute atomic E-state index is 0. The average molecular weight is 432 g/mol. The monoisotopic (exact) mass is 432 g/mol. The summed E-state index contributed by atoms with van der Waals surface area (Å²) in [6.45, 7) is 1.46. The van der Waals surface area contributed by atoms with Crippen LogP contribution < -0.4 is 118 Å². The van der Waals surface area contributed by atoms with Crippen molar-refractivity contribution in [1.82, 2.24) is 9.99 Å². The third-order valence-electron chi connectivity index (χ3n) is 3.77. The van der Waals surface area contributed by atoms with Crippen molar-refractivity contribution in [1.29, 1.82) is 0 Å². The predicted molar refractivity (Wildman–Crippen MR) is 81.2 cm³/mol. The van der Waals surface area contributed by atoms with E-state index in [2.05, 4.69) is 5.09 Å². The summed E-state index contributed by atoms with van der Waals surface area (Å²) in [6.07, 6.45) is 0.844. The molecule has 1 saturated heterocycles. The zero-order chi connectivity index (χ0) is 17.7. The van der Waals surface area contributed by atoms with Gasteiger partial charge in [0, 0.05) is 6.54 Å². The molecule has 26 heavy (non-hydrogen) atoms. The largest absolute Gasteiger partial charge is 1.00 e. The van der Waals surface area contributed by atoms with Crippen molar-refractivity contribution < 1.29 is 131 Å². The molecule has 132 valence electrons. The summed E-state index contributed by atoms with van der Waals surface area (Å²) in [4.78, 5) is 36.4. The Morgan fingerprint density at radius 1 is 1.35 bits per heavy atom. The van der Waals surface area contributed by atoms with E-state index < -0.39 is 31.7 Å². The summed E-state index contributed by atoms with van der Waals surface area (Å²) < 4.78 is 16.8. The first-order valence-corrected chi connectivity index (χ1v) is 9.13. The third-order valence-corrected chi connectivity index (χ3v) is 4.95. The van der Waals surface area contributed by atoms with Crippen LogP contribution in [0.15, 0.2) is 30.3 Å². The van der Waals surface area contributed by atoms with E-state index in [1.54, 1.807) is 30.3 Å². The smallest absolute Gasteiger partial charge is 0.766 e. The molecule has 1 N–H and O–H groups in total. The number of amides is 1. The van der Waals surface area contributed by atoms with Gasteiger partial charge in [0.1, 0.15) is 0 Å². The zero-order valence-electron chi connectivity index (χ0n) is 15.2. The molecule has 11 heteroatoms. The van der Waals surface area contributed by atoms with Crippen LogP contribution in [-0.2, 0) is 25.3 Å². The minimum atomic E-state index is -4.46. The number of nitrogens with one attached hydrogen (secondary N) is 1. The van der Waals surface area contributed by atoms with Crippen LogP contribution in [0.3, 0.4) is 0 Å². The van der Waals surface area contributed by atoms with Crippen molar-refractivity contribution in [2.45, 2.75) is 38.5 Å². The van der Waals surface area contributed by atoms with Gasteiger partial charge in [-0.3, -0.25) is 9.36 Å². The number of benzene rings is 1. The number of aliphatic carboxylic acids is 1. The molecule has 1 unspecified atom stereocenters. The Kier molecular flexibility index (Phi) is 13.7. The Morgan fingerprint density at radius 3 is 2.54 bits per heavy atom. The van der Waals surface area contributed by atoms with E-state index in [-0.39, 0.29) is 116 Å². The Hall–Kier alpha value is 1.54. The van der Waals surface area contributed by atoms with E-state index in [4.69, 9.17) is 4.52 Å². The van der Waals surface area contributed by atoms with Crippen molar-refractivity contribution in [3.05, 3.63) is 35.9 Å². The molecule has 0 spiro atoms. The summed E-state index contributed by atoms with van der Waals surface area (Å²) in [6, 6.07) is 6.58. The van der Waals surface area contributed by atoms with E-state index in [9.17, 15) is 24.2 Å². The summed E-state index contributed by atoms with van der Waals surface area (Å²) in [5.41, 5.74) is 0.672. The quantitative estimate of drug-likeness (QED) is 0.336. The van der Waals surface area contributed by atoms with Crippen molar-refractivity contribution in [2.24, 2.45) is 0 Å². The van der Waals surface area contributed by atoms with Gasteiger partial charge in [-0.05, 0) is 25.3 Å². The molecule has 1 fully saturated rings. The van der Waals surface area contributed by atoms with Gasteiger partial charge >= 0.3 is 103 Å². The number of nitrogens with zero attached hydrogens (tertiary/aromatic N) is 1. The molecule has 0 aliphatic carbocycles. The second-order valence-electron chi connectivity index (χ2n) is 5.62. The Labute approximate surface area is 237 Å². The normalized spacial score (nSPS) is 19.6.